The van der Waals surface area contributed by atoms with E-state index in [1.807, 2.05) is 6.07 Å². The molecule has 0 aromatic heterocycles. The molecule has 1 fully saturated rings. The molecule has 0 spiro atoms. The van der Waals surface area contributed by atoms with E-state index in [1.165, 1.54) is 11.8 Å². The molecule has 1 aliphatic rings. The quantitative estimate of drug-likeness (QED) is 0.493. The van der Waals surface area contributed by atoms with Crippen molar-refractivity contribution >= 4 is 11.8 Å². The molecular formula is C5H6FNS. The smallest absolute Gasteiger partial charge is 0.126 e. The number of halogens is 1. The van der Waals surface area contributed by atoms with Crippen LogP contribution in [0.3, 0.4) is 0 Å². The summed E-state index contributed by atoms with van der Waals surface area (Å²) in [5.41, 5.74) is 0. The van der Waals surface area contributed by atoms with Crippen molar-refractivity contribution in [1.29, 1.82) is 5.26 Å². The molecule has 1 aliphatic heterocycles. The Kier molecular flexibility index (Phi) is 1.74. The van der Waals surface area contributed by atoms with Crippen LogP contribution in [-0.2, 0) is 0 Å². The van der Waals surface area contributed by atoms with Gasteiger partial charge in [0, 0.05) is 11.5 Å². The normalized spacial score (nSPS) is 37.0. The fourth-order valence-electron chi connectivity index (χ4n) is 0.646. The Labute approximate surface area is 51.9 Å². The minimum atomic E-state index is -0.870. The van der Waals surface area contributed by atoms with Gasteiger partial charge < -0.3 is 0 Å². The van der Waals surface area contributed by atoms with Crippen LogP contribution in [0, 0.1) is 17.2 Å². The van der Waals surface area contributed by atoms with E-state index in [0.29, 0.717) is 11.5 Å². The Morgan fingerprint density at radius 2 is 2.38 bits per heavy atom. The zero-order chi connectivity index (χ0) is 5.98. The maximum absolute atomic E-state index is 12.3. The molecule has 0 radical (unpaired) electrons. The average molecular weight is 131 g/mol. The van der Waals surface area contributed by atoms with Crippen molar-refractivity contribution in [3.05, 3.63) is 0 Å². The highest BCUT2D eigenvalue weighted by Crippen LogP contribution is 2.25. The van der Waals surface area contributed by atoms with Gasteiger partial charge in [-0.3, -0.25) is 0 Å². The molecule has 0 saturated carbocycles. The van der Waals surface area contributed by atoms with Gasteiger partial charge in [-0.05, 0) is 0 Å². The minimum absolute atomic E-state index is 0.333. The lowest BCUT2D eigenvalue weighted by atomic mass is 10.1. The summed E-state index contributed by atoms with van der Waals surface area (Å²) in [5.74, 6) is 0.857. The number of thioether (sulfide) groups is 1. The van der Waals surface area contributed by atoms with Crippen molar-refractivity contribution < 1.29 is 4.39 Å². The van der Waals surface area contributed by atoms with E-state index in [9.17, 15) is 4.39 Å². The van der Waals surface area contributed by atoms with E-state index in [-0.39, 0.29) is 5.92 Å². The third kappa shape index (κ3) is 0.948. The second kappa shape index (κ2) is 2.36. The zero-order valence-electron chi connectivity index (χ0n) is 4.30. The van der Waals surface area contributed by atoms with Gasteiger partial charge in [0.15, 0.2) is 0 Å². The van der Waals surface area contributed by atoms with Gasteiger partial charge in [0.25, 0.3) is 0 Å². The van der Waals surface area contributed by atoms with Crippen LogP contribution >= 0.6 is 11.8 Å². The van der Waals surface area contributed by atoms with Crippen LogP contribution in [0.4, 0.5) is 4.39 Å². The van der Waals surface area contributed by atoms with Crippen LogP contribution in [0.2, 0.25) is 0 Å². The monoisotopic (exact) mass is 131 g/mol. The molecule has 0 aromatic rings. The Bertz CT molecular complexity index is 120. The standard InChI is InChI=1S/C5H6FNS/c6-5-3-8-2-4(5)1-7/h4-5H,2-3H2/t4-,5-/m1/s1. The highest BCUT2D eigenvalue weighted by molar-refractivity contribution is 7.99. The van der Waals surface area contributed by atoms with Crippen molar-refractivity contribution in [3.8, 4) is 6.07 Å². The maximum Gasteiger partial charge on any atom is 0.126 e. The predicted molar refractivity (Wildman–Crippen MR) is 31.3 cm³/mol. The molecular weight excluding hydrogens is 125 g/mol. The second-order valence-electron chi connectivity index (χ2n) is 1.79. The van der Waals surface area contributed by atoms with Gasteiger partial charge in [-0.15, -0.1) is 0 Å². The van der Waals surface area contributed by atoms with Gasteiger partial charge in [-0.1, -0.05) is 0 Å². The average Bonchev–Trinajstić information content (AvgIpc) is 2.14. The van der Waals surface area contributed by atoms with E-state index in [0.717, 1.165) is 0 Å². The summed E-state index contributed by atoms with van der Waals surface area (Å²) in [6.07, 6.45) is -0.870. The van der Waals surface area contributed by atoms with E-state index >= 15 is 0 Å². The number of nitriles is 1. The minimum Gasteiger partial charge on any atom is -0.245 e. The van der Waals surface area contributed by atoms with Gasteiger partial charge in [-0.2, -0.15) is 17.0 Å². The van der Waals surface area contributed by atoms with Gasteiger partial charge in [0.05, 0.1) is 12.0 Å². The first-order valence-corrected chi connectivity index (χ1v) is 3.61. The van der Waals surface area contributed by atoms with Crippen molar-refractivity contribution in [2.24, 2.45) is 5.92 Å². The van der Waals surface area contributed by atoms with Crippen LogP contribution in [0.1, 0.15) is 0 Å². The Balaban J connectivity index is 2.45. The Morgan fingerprint density at radius 3 is 2.62 bits per heavy atom. The van der Waals surface area contributed by atoms with Crippen molar-refractivity contribution in [3.63, 3.8) is 0 Å². The van der Waals surface area contributed by atoms with Gasteiger partial charge >= 0.3 is 0 Å². The molecule has 1 heterocycles. The topological polar surface area (TPSA) is 23.8 Å². The SMILES string of the molecule is N#C[C@@H]1CSC[C@H]1F. The van der Waals surface area contributed by atoms with E-state index in [4.69, 9.17) is 5.26 Å². The lowest BCUT2D eigenvalue weighted by Gasteiger charge is -1.96. The van der Waals surface area contributed by atoms with Crippen LogP contribution in [0.25, 0.3) is 0 Å². The molecule has 0 aromatic carbocycles. The van der Waals surface area contributed by atoms with E-state index in [2.05, 4.69) is 0 Å². The van der Waals surface area contributed by atoms with E-state index in [1.54, 1.807) is 0 Å². The Hall–Kier alpha value is -0.230. The molecule has 1 saturated heterocycles. The summed E-state index contributed by atoms with van der Waals surface area (Å²) >= 11 is 1.52. The van der Waals surface area contributed by atoms with Gasteiger partial charge in [0.2, 0.25) is 0 Å². The van der Waals surface area contributed by atoms with Crippen LogP contribution in [0.15, 0.2) is 0 Å². The lowest BCUT2D eigenvalue weighted by molar-refractivity contribution is 0.325. The molecule has 2 atom stereocenters. The second-order valence-corrected chi connectivity index (χ2v) is 2.86. The first kappa shape index (κ1) is 5.90. The molecule has 0 aliphatic carbocycles. The van der Waals surface area contributed by atoms with Gasteiger partial charge in [-0.25, -0.2) is 4.39 Å². The Morgan fingerprint density at radius 1 is 1.62 bits per heavy atom. The fourth-order valence-corrected chi connectivity index (χ4v) is 1.78. The molecule has 8 heavy (non-hydrogen) atoms. The van der Waals surface area contributed by atoms with Crippen LogP contribution in [0.5, 0.6) is 0 Å². The number of nitrogens with zero attached hydrogens (tertiary/aromatic N) is 1. The predicted octanol–water partition coefficient (Wildman–Crippen LogP) is 1.21. The van der Waals surface area contributed by atoms with Crippen LogP contribution < -0.4 is 0 Å². The number of hydrogen-bond donors (Lipinski definition) is 0. The number of hydrogen-bond acceptors (Lipinski definition) is 2. The highest BCUT2D eigenvalue weighted by atomic mass is 32.2. The summed E-state index contributed by atoms with van der Waals surface area (Å²) in [7, 11) is 0. The molecule has 44 valence electrons. The molecule has 0 amide bonds. The molecule has 0 bridgehead atoms. The van der Waals surface area contributed by atoms with Gasteiger partial charge in [0.1, 0.15) is 6.17 Å². The summed E-state index contributed by atoms with van der Waals surface area (Å²) in [5, 5.41) is 8.23. The summed E-state index contributed by atoms with van der Waals surface area (Å²) in [6, 6.07) is 1.92. The summed E-state index contributed by atoms with van der Waals surface area (Å²) in [6.45, 7) is 0. The molecule has 1 nitrogen and oxygen atoms in total. The first-order valence-electron chi connectivity index (χ1n) is 2.46. The van der Waals surface area contributed by atoms with Crippen molar-refractivity contribution in [2.45, 2.75) is 6.17 Å². The summed E-state index contributed by atoms with van der Waals surface area (Å²) < 4.78 is 12.3. The van der Waals surface area contributed by atoms with Crippen molar-refractivity contribution in [1.82, 2.24) is 0 Å². The maximum atomic E-state index is 12.3. The molecule has 3 heteroatoms. The highest BCUT2D eigenvalue weighted by Gasteiger charge is 2.26. The van der Waals surface area contributed by atoms with Crippen LogP contribution in [-0.4, -0.2) is 17.7 Å². The fraction of sp³-hybridized carbons (Fsp3) is 0.800. The third-order valence-electron chi connectivity index (χ3n) is 1.18. The molecule has 0 N–H and O–H groups in total. The third-order valence-corrected chi connectivity index (χ3v) is 2.33. The molecule has 1 rings (SSSR count). The van der Waals surface area contributed by atoms with Crippen molar-refractivity contribution in [2.75, 3.05) is 11.5 Å². The first-order chi connectivity index (χ1) is 3.84. The lowest BCUT2D eigenvalue weighted by Crippen LogP contribution is -2.09. The molecule has 0 unspecified atom stereocenters. The number of rotatable bonds is 0. The number of alkyl halides is 1. The zero-order valence-corrected chi connectivity index (χ0v) is 5.12. The van der Waals surface area contributed by atoms with E-state index < -0.39 is 6.17 Å². The largest absolute Gasteiger partial charge is 0.245 e. The summed E-state index contributed by atoms with van der Waals surface area (Å²) in [4.78, 5) is 0.